The van der Waals surface area contributed by atoms with Gasteiger partial charge in [0.1, 0.15) is 5.69 Å². The first-order valence-electron chi connectivity index (χ1n) is 4.25. The van der Waals surface area contributed by atoms with Crippen molar-refractivity contribution in [1.29, 1.82) is 0 Å². The maximum atomic E-state index is 11.9. The van der Waals surface area contributed by atoms with Crippen LogP contribution in [0.2, 0.25) is 0 Å². The van der Waals surface area contributed by atoms with Crippen molar-refractivity contribution in [1.82, 2.24) is 9.97 Å². The first-order chi connectivity index (χ1) is 7.18. The standard InChI is InChI=1S/C10H7BrN2OS/c1-6-4-13-8(5-12-6)9(14)10-7(11)2-3-15-10/h2-5H,1H3. The highest BCUT2D eigenvalue weighted by atomic mass is 79.9. The number of halogens is 1. The number of thiophene rings is 1. The summed E-state index contributed by atoms with van der Waals surface area (Å²) in [6.45, 7) is 1.84. The smallest absolute Gasteiger partial charge is 0.223 e. The first kappa shape index (κ1) is 10.4. The minimum Gasteiger partial charge on any atom is -0.286 e. The molecule has 2 aromatic heterocycles. The van der Waals surface area contributed by atoms with Gasteiger partial charge in [-0.15, -0.1) is 11.3 Å². The average Bonchev–Trinajstić information content (AvgIpc) is 2.65. The van der Waals surface area contributed by atoms with E-state index in [-0.39, 0.29) is 5.78 Å². The van der Waals surface area contributed by atoms with Crippen molar-refractivity contribution < 1.29 is 4.79 Å². The molecule has 0 aliphatic rings. The van der Waals surface area contributed by atoms with Crippen LogP contribution in [-0.4, -0.2) is 15.8 Å². The summed E-state index contributed by atoms with van der Waals surface area (Å²) in [7, 11) is 0. The molecule has 0 aliphatic heterocycles. The summed E-state index contributed by atoms with van der Waals surface area (Å²) < 4.78 is 0.805. The van der Waals surface area contributed by atoms with Gasteiger partial charge in [0.15, 0.2) is 0 Å². The molecule has 0 saturated carbocycles. The Kier molecular flexibility index (Phi) is 2.93. The van der Waals surface area contributed by atoms with Crippen LogP contribution >= 0.6 is 27.3 Å². The van der Waals surface area contributed by atoms with Crippen LogP contribution in [0, 0.1) is 6.92 Å². The summed E-state index contributed by atoms with van der Waals surface area (Å²) in [6, 6.07) is 1.85. The second-order valence-electron chi connectivity index (χ2n) is 2.97. The Bertz CT molecular complexity index is 492. The second-order valence-corrected chi connectivity index (χ2v) is 4.74. The SMILES string of the molecule is Cc1cnc(C(=O)c2sccc2Br)cn1. The maximum Gasteiger partial charge on any atom is 0.223 e. The number of ketones is 1. The Balaban J connectivity index is 2.37. The molecular formula is C10H7BrN2OS. The zero-order chi connectivity index (χ0) is 10.8. The molecule has 0 unspecified atom stereocenters. The molecule has 0 fully saturated rings. The van der Waals surface area contributed by atoms with Gasteiger partial charge in [0, 0.05) is 10.7 Å². The lowest BCUT2D eigenvalue weighted by Gasteiger charge is -1.98. The summed E-state index contributed by atoms with van der Waals surface area (Å²) in [5.74, 6) is -0.0932. The summed E-state index contributed by atoms with van der Waals surface area (Å²) in [4.78, 5) is 20.7. The molecule has 0 atom stereocenters. The van der Waals surface area contributed by atoms with Gasteiger partial charge in [-0.2, -0.15) is 0 Å². The molecule has 2 heterocycles. The number of carbonyl (C=O) groups is 1. The van der Waals surface area contributed by atoms with Crippen LogP contribution in [0.3, 0.4) is 0 Å². The fourth-order valence-electron chi connectivity index (χ4n) is 1.08. The van der Waals surface area contributed by atoms with Crippen LogP contribution in [-0.2, 0) is 0 Å². The molecule has 0 saturated heterocycles. The van der Waals surface area contributed by atoms with Crippen LogP contribution in [0.15, 0.2) is 28.3 Å². The lowest BCUT2D eigenvalue weighted by molar-refractivity contribution is 0.103. The molecule has 5 heteroatoms. The Morgan fingerprint density at radius 1 is 1.40 bits per heavy atom. The molecule has 0 aromatic carbocycles. The maximum absolute atomic E-state index is 11.9. The van der Waals surface area contributed by atoms with E-state index in [0.717, 1.165) is 10.2 Å². The van der Waals surface area contributed by atoms with E-state index in [9.17, 15) is 4.79 Å². The quantitative estimate of drug-likeness (QED) is 0.796. The van der Waals surface area contributed by atoms with Gasteiger partial charge in [-0.3, -0.25) is 9.78 Å². The lowest BCUT2D eigenvalue weighted by atomic mass is 10.2. The fraction of sp³-hybridized carbons (Fsp3) is 0.100. The number of nitrogens with zero attached hydrogens (tertiary/aromatic N) is 2. The minimum atomic E-state index is -0.0932. The summed E-state index contributed by atoms with van der Waals surface area (Å²) in [5.41, 5.74) is 1.18. The van der Waals surface area contributed by atoms with Crippen LogP contribution in [0.5, 0.6) is 0 Å². The first-order valence-corrected chi connectivity index (χ1v) is 5.92. The summed E-state index contributed by atoms with van der Waals surface area (Å²) in [6.07, 6.45) is 3.10. The molecule has 2 rings (SSSR count). The van der Waals surface area contributed by atoms with E-state index in [1.54, 1.807) is 6.20 Å². The normalized spacial score (nSPS) is 10.3. The van der Waals surface area contributed by atoms with Crippen molar-refractivity contribution >= 4 is 33.0 Å². The van der Waals surface area contributed by atoms with E-state index in [0.29, 0.717) is 10.6 Å². The van der Waals surface area contributed by atoms with Crippen molar-refractivity contribution in [2.24, 2.45) is 0 Å². The molecule has 3 nitrogen and oxygen atoms in total. The predicted molar refractivity (Wildman–Crippen MR) is 62.2 cm³/mol. The molecular weight excluding hydrogens is 276 g/mol. The van der Waals surface area contributed by atoms with Crippen molar-refractivity contribution in [2.75, 3.05) is 0 Å². The van der Waals surface area contributed by atoms with Crippen LogP contribution in [0.4, 0.5) is 0 Å². The third-order valence-corrected chi connectivity index (χ3v) is 3.67. The highest BCUT2D eigenvalue weighted by Gasteiger charge is 2.15. The number of carbonyl (C=O) groups excluding carboxylic acids is 1. The van der Waals surface area contributed by atoms with Crippen LogP contribution in [0.1, 0.15) is 21.1 Å². The van der Waals surface area contributed by atoms with Gasteiger partial charge >= 0.3 is 0 Å². The van der Waals surface area contributed by atoms with E-state index >= 15 is 0 Å². The topological polar surface area (TPSA) is 42.9 Å². The van der Waals surface area contributed by atoms with Crippen LogP contribution in [0.25, 0.3) is 0 Å². The van der Waals surface area contributed by atoms with E-state index in [4.69, 9.17) is 0 Å². The second kappa shape index (κ2) is 4.20. The number of aromatic nitrogens is 2. The third kappa shape index (κ3) is 2.13. The van der Waals surface area contributed by atoms with Gasteiger partial charge in [-0.05, 0) is 34.3 Å². The minimum absolute atomic E-state index is 0.0932. The van der Waals surface area contributed by atoms with Crippen molar-refractivity contribution in [3.8, 4) is 0 Å². The number of rotatable bonds is 2. The Labute approximate surface area is 99.3 Å². The average molecular weight is 283 g/mol. The molecule has 0 radical (unpaired) electrons. The predicted octanol–water partition coefficient (Wildman–Crippen LogP) is 2.84. The van der Waals surface area contributed by atoms with Crippen molar-refractivity contribution in [3.05, 3.63) is 44.6 Å². The number of hydrogen-bond acceptors (Lipinski definition) is 4. The van der Waals surface area contributed by atoms with E-state index in [2.05, 4.69) is 25.9 Å². The Morgan fingerprint density at radius 2 is 2.20 bits per heavy atom. The molecule has 0 spiro atoms. The van der Waals surface area contributed by atoms with Crippen molar-refractivity contribution in [3.63, 3.8) is 0 Å². The van der Waals surface area contributed by atoms with E-state index < -0.39 is 0 Å². The van der Waals surface area contributed by atoms with E-state index in [1.807, 2.05) is 18.4 Å². The monoisotopic (exact) mass is 282 g/mol. The lowest BCUT2D eigenvalue weighted by Crippen LogP contribution is -2.03. The largest absolute Gasteiger partial charge is 0.286 e. The molecule has 15 heavy (non-hydrogen) atoms. The van der Waals surface area contributed by atoms with Gasteiger partial charge in [0.2, 0.25) is 5.78 Å². The van der Waals surface area contributed by atoms with Gasteiger partial charge in [-0.25, -0.2) is 4.98 Å². The highest BCUT2D eigenvalue weighted by Crippen LogP contribution is 2.24. The zero-order valence-electron chi connectivity index (χ0n) is 7.90. The molecule has 0 amide bonds. The van der Waals surface area contributed by atoms with Gasteiger partial charge < -0.3 is 0 Å². The Morgan fingerprint density at radius 3 is 2.73 bits per heavy atom. The fourth-order valence-corrected chi connectivity index (χ4v) is 2.58. The summed E-state index contributed by atoms with van der Waals surface area (Å²) in [5, 5.41) is 1.86. The number of hydrogen-bond donors (Lipinski definition) is 0. The molecule has 0 bridgehead atoms. The van der Waals surface area contributed by atoms with Gasteiger partial charge in [-0.1, -0.05) is 0 Å². The van der Waals surface area contributed by atoms with Gasteiger partial charge in [0.05, 0.1) is 16.8 Å². The van der Waals surface area contributed by atoms with Gasteiger partial charge in [0.25, 0.3) is 0 Å². The van der Waals surface area contributed by atoms with Crippen LogP contribution < -0.4 is 0 Å². The Hall–Kier alpha value is -1.07. The van der Waals surface area contributed by atoms with Crippen molar-refractivity contribution in [2.45, 2.75) is 6.92 Å². The number of aryl methyl sites for hydroxylation is 1. The molecule has 0 N–H and O–H groups in total. The highest BCUT2D eigenvalue weighted by molar-refractivity contribution is 9.10. The molecule has 76 valence electrons. The molecule has 2 aromatic rings. The zero-order valence-corrected chi connectivity index (χ0v) is 10.3. The third-order valence-electron chi connectivity index (χ3n) is 1.84. The molecule has 0 aliphatic carbocycles. The van der Waals surface area contributed by atoms with E-state index in [1.165, 1.54) is 17.5 Å². The summed E-state index contributed by atoms with van der Waals surface area (Å²) >= 11 is 4.71.